The average Bonchev–Trinajstić information content (AvgIpc) is 2.66. The van der Waals surface area contributed by atoms with Crippen LogP contribution in [-0.2, 0) is 5.41 Å². The van der Waals surface area contributed by atoms with Gasteiger partial charge in [0.1, 0.15) is 11.6 Å². The van der Waals surface area contributed by atoms with E-state index in [4.69, 9.17) is 0 Å². The summed E-state index contributed by atoms with van der Waals surface area (Å²) < 4.78 is 0. The maximum atomic E-state index is 12.1. The summed E-state index contributed by atoms with van der Waals surface area (Å²) in [7, 11) is 0. The Morgan fingerprint density at radius 2 is 0.518 bits per heavy atom. The van der Waals surface area contributed by atoms with Crippen molar-refractivity contribution in [2.45, 2.75) is 130 Å². The van der Waals surface area contributed by atoms with Crippen LogP contribution < -0.4 is 0 Å². The van der Waals surface area contributed by atoms with Gasteiger partial charge in [0.15, 0.2) is 5.78 Å². The first kappa shape index (κ1) is 70.1. The van der Waals surface area contributed by atoms with Crippen molar-refractivity contribution in [3.05, 3.63) is 320 Å². The van der Waals surface area contributed by atoms with Gasteiger partial charge in [0.25, 0.3) is 0 Å². The quantitative estimate of drug-likeness (QED) is 0.150. The van der Waals surface area contributed by atoms with E-state index in [2.05, 4.69) is 191 Å². The molecule has 0 unspecified atom stereocenters. The number of carbonyl (C=O) groups is 1. The molecule has 4 heterocycles. The smallest absolute Gasteiger partial charge is 0.193 e. The van der Waals surface area contributed by atoms with Crippen molar-refractivity contribution in [3.8, 4) is 0 Å². The van der Waals surface area contributed by atoms with Crippen LogP contribution in [0, 0.1) is 96.9 Å². The topological polar surface area (TPSA) is 120 Å². The summed E-state index contributed by atoms with van der Waals surface area (Å²) in [5, 5.41) is 0. The second kappa shape index (κ2) is 37.8. The number of aryl methyl sites for hydroxylation is 14. The first-order chi connectivity index (χ1) is 40.5. The minimum atomic E-state index is 0.0708. The molecule has 10 aromatic rings. The van der Waals surface area contributed by atoms with Crippen LogP contribution in [0.3, 0.4) is 0 Å². The Balaban J connectivity index is 0.000000260. The summed E-state index contributed by atoms with van der Waals surface area (Å²) in [4.78, 5) is 44.0. The van der Waals surface area contributed by atoms with Crippen LogP contribution in [0.2, 0.25) is 0 Å². The van der Waals surface area contributed by atoms with E-state index < -0.39 is 0 Å². The average molecular weight is 1130 g/mol. The van der Waals surface area contributed by atoms with Crippen molar-refractivity contribution in [1.29, 1.82) is 0 Å². The van der Waals surface area contributed by atoms with Crippen molar-refractivity contribution >= 4 is 17.9 Å². The first-order valence-electron chi connectivity index (χ1n) is 28.7. The molecular weight excluding hydrogens is 1040 g/mol. The SMILES string of the molecule is CC=Cc1ccc(C)cc1.CC=Cc1ccc(C)cc1.Cc1ccc(C(=O)c2ccc(C)cc2)cc1.Cc1ccc(C(C)(C)c2ccc(C)cc2)cc1.Cc1cnc(C)cn1.Cc1cnc(C)cn1.Cc1cnc(C)nc1.Cc1cnc(C)nc1. The van der Waals surface area contributed by atoms with Gasteiger partial charge in [-0.1, -0.05) is 217 Å². The van der Waals surface area contributed by atoms with Gasteiger partial charge in [-0.3, -0.25) is 24.7 Å². The Kier molecular flexibility index (Phi) is 31.2. The third-order valence-electron chi connectivity index (χ3n) is 12.7. The van der Waals surface area contributed by atoms with Crippen molar-refractivity contribution in [1.82, 2.24) is 39.9 Å². The van der Waals surface area contributed by atoms with Crippen LogP contribution in [-0.4, -0.2) is 45.7 Å². The van der Waals surface area contributed by atoms with E-state index in [-0.39, 0.29) is 11.2 Å². The lowest BCUT2D eigenvalue weighted by Gasteiger charge is -2.26. The monoisotopic (exact) mass is 1130 g/mol. The zero-order valence-electron chi connectivity index (χ0n) is 53.8. The van der Waals surface area contributed by atoms with Gasteiger partial charge >= 0.3 is 0 Å². The molecule has 440 valence electrons. The van der Waals surface area contributed by atoms with Crippen LogP contribution in [0.5, 0.6) is 0 Å². The van der Waals surface area contributed by atoms with E-state index in [0.29, 0.717) is 0 Å². The maximum Gasteiger partial charge on any atom is 0.193 e. The largest absolute Gasteiger partial charge is 0.289 e. The van der Waals surface area contributed by atoms with Gasteiger partial charge < -0.3 is 0 Å². The third kappa shape index (κ3) is 29.1. The van der Waals surface area contributed by atoms with Crippen LogP contribution in [0.4, 0.5) is 0 Å². The van der Waals surface area contributed by atoms with E-state index >= 15 is 0 Å². The third-order valence-corrected chi connectivity index (χ3v) is 12.7. The number of rotatable bonds is 6. The molecule has 0 aliphatic carbocycles. The Hall–Kier alpha value is -9.21. The summed E-state index contributed by atoms with van der Waals surface area (Å²) in [5.41, 5.74) is 20.5. The highest BCUT2D eigenvalue weighted by atomic mass is 16.1. The lowest BCUT2D eigenvalue weighted by molar-refractivity contribution is 0.103. The van der Waals surface area contributed by atoms with Gasteiger partial charge in [-0.05, 0) is 144 Å². The van der Waals surface area contributed by atoms with E-state index in [1.165, 1.54) is 55.6 Å². The number of hydrogen-bond acceptors (Lipinski definition) is 9. The fraction of sp³-hybridized carbons (Fsp3) is 0.250. The molecule has 0 aliphatic heterocycles. The second-order valence-corrected chi connectivity index (χ2v) is 21.5. The van der Waals surface area contributed by atoms with Crippen molar-refractivity contribution < 1.29 is 4.79 Å². The van der Waals surface area contributed by atoms with E-state index in [1.54, 1.807) is 24.8 Å². The van der Waals surface area contributed by atoms with Crippen molar-refractivity contribution in [3.63, 3.8) is 0 Å². The number of aromatic nitrogens is 8. The zero-order valence-corrected chi connectivity index (χ0v) is 53.8. The predicted octanol–water partition coefficient (Wildman–Crippen LogP) is 18.6. The second-order valence-electron chi connectivity index (χ2n) is 21.5. The molecule has 9 heteroatoms. The normalized spacial score (nSPS) is 10.2. The summed E-state index contributed by atoms with van der Waals surface area (Å²) in [6.45, 7) is 36.5. The molecule has 0 amide bonds. The first-order valence-corrected chi connectivity index (χ1v) is 28.7. The van der Waals surface area contributed by atoms with Crippen molar-refractivity contribution in [2.24, 2.45) is 0 Å². The number of ketones is 1. The van der Waals surface area contributed by atoms with Crippen LogP contribution in [0.25, 0.3) is 12.2 Å². The highest BCUT2D eigenvalue weighted by Crippen LogP contribution is 2.31. The molecule has 0 saturated carbocycles. The van der Waals surface area contributed by atoms with Gasteiger partial charge in [-0.15, -0.1) is 0 Å². The van der Waals surface area contributed by atoms with Crippen molar-refractivity contribution in [2.75, 3.05) is 0 Å². The number of nitrogens with zero attached hydrogens (tertiary/aromatic N) is 8. The molecule has 0 atom stereocenters. The highest BCUT2D eigenvalue weighted by Gasteiger charge is 2.22. The fourth-order valence-electron chi connectivity index (χ4n) is 7.25. The standard InChI is InChI=1S/C17H20.C15H14O.2C10H12.4C6H8N2/c1-13-5-9-15(10-6-13)17(3,4)16-11-7-14(2)8-12-16;1-11-3-7-13(8-4-11)15(16)14-9-5-12(2)6-10-14;2*1-3-4-10-7-5-9(2)6-8-10;2*1-5-3-8-6(2)4-7-5;2*1-5-3-7-6(2)8-4-5/h5-12H,1-4H3;3-10H,1-2H3;2*3-8H,1-2H3;4*3-4H,1-2H3. The van der Waals surface area contributed by atoms with E-state index in [9.17, 15) is 4.79 Å². The molecule has 0 saturated heterocycles. The number of allylic oxidation sites excluding steroid dienone is 2. The van der Waals surface area contributed by atoms with Gasteiger partial charge in [0.2, 0.25) is 0 Å². The Morgan fingerprint density at radius 3 is 0.729 bits per heavy atom. The summed E-state index contributed by atoms with van der Waals surface area (Å²) in [6, 6.07) is 50.0. The minimum Gasteiger partial charge on any atom is -0.289 e. The molecule has 0 N–H and O–H groups in total. The predicted molar refractivity (Wildman–Crippen MR) is 358 cm³/mol. The molecule has 0 bridgehead atoms. The lowest BCUT2D eigenvalue weighted by atomic mass is 9.78. The lowest BCUT2D eigenvalue weighted by Crippen LogP contribution is -2.18. The van der Waals surface area contributed by atoms with Gasteiger partial charge in [-0.25, -0.2) is 19.9 Å². The molecule has 6 aromatic carbocycles. The number of benzene rings is 6. The summed E-state index contributed by atoms with van der Waals surface area (Å²) >= 11 is 0. The molecule has 0 spiro atoms. The van der Waals surface area contributed by atoms with Crippen LogP contribution >= 0.6 is 0 Å². The summed E-state index contributed by atoms with van der Waals surface area (Å²) in [6.07, 6.45) is 22.6. The molecule has 85 heavy (non-hydrogen) atoms. The Bertz CT molecular complexity index is 3080. The molecule has 4 aromatic heterocycles. The van der Waals surface area contributed by atoms with E-state index in [1.807, 2.05) is 169 Å². The highest BCUT2D eigenvalue weighted by molar-refractivity contribution is 6.09. The Labute approximate surface area is 509 Å². The number of carbonyl (C=O) groups excluding carboxylic acids is 1. The molecular formula is C76H90N8O. The number of hydrogen-bond donors (Lipinski definition) is 0. The van der Waals surface area contributed by atoms with Gasteiger partial charge in [0.05, 0.1) is 22.8 Å². The maximum absolute atomic E-state index is 12.1. The van der Waals surface area contributed by atoms with E-state index in [0.717, 1.165) is 56.7 Å². The molecule has 0 aliphatic rings. The fourth-order valence-corrected chi connectivity index (χ4v) is 7.25. The van der Waals surface area contributed by atoms with Gasteiger partial charge in [-0.2, -0.15) is 0 Å². The molecule has 0 radical (unpaired) electrons. The molecule has 10 rings (SSSR count). The van der Waals surface area contributed by atoms with Gasteiger partial charge in [0, 0.05) is 66.1 Å². The summed E-state index contributed by atoms with van der Waals surface area (Å²) in [5.74, 6) is 1.74. The minimum absolute atomic E-state index is 0.0708. The molecule has 9 nitrogen and oxygen atoms in total. The molecule has 0 fully saturated rings. The van der Waals surface area contributed by atoms with Crippen LogP contribution in [0.1, 0.15) is 145 Å². The zero-order chi connectivity index (χ0) is 62.7. The van der Waals surface area contributed by atoms with Crippen LogP contribution in [0.15, 0.2) is 207 Å². The Morgan fingerprint density at radius 1 is 0.294 bits per heavy atom.